The molecule has 1 rings (SSSR count). The number of carbonyl (C=O) groups is 5. The van der Waals surface area contributed by atoms with Gasteiger partial charge in [-0.1, -0.05) is 26.0 Å². The molecule has 0 heterocycles. The second-order valence-electron chi connectivity index (χ2n) is 8.41. The highest BCUT2D eigenvalue weighted by Gasteiger charge is 2.31. The van der Waals surface area contributed by atoms with Crippen molar-refractivity contribution in [2.24, 2.45) is 11.7 Å². The quantitative estimate of drug-likeness (QED) is 0.147. The summed E-state index contributed by atoms with van der Waals surface area (Å²) in [4.78, 5) is 60.5. The first kappa shape index (κ1) is 29.7. The maximum Gasteiger partial charge on any atom is 0.326 e. The first-order valence-corrected chi connectivity index (χ1v) is 11.5. The van der Waals surface area contributed by atoms with Crippen LogP contribution in [-0.2, 0) is 30.4 Å². The SMILES string of the molecule is CC(C)CC(NC(=O)C(Cc1ccc(O)cc1)NC(=O)C(N)CS)C(=O)NC(CC(=O)O)C(=O)O. The molecule has 0 bridgehead atoms. The molecule has 13 heteroatoms. The van der Waals surface area contributed by atoms with Gasteiger partial charge in [0.25, 0.3) is 0 Å². The minimum Gasteiger partial charge on any atom is -0.508 e. The van der Waals surface area contributed by atoms with Crippen LogP contribution in [0.2, 0.25) is 0 Å². The number of benzene rings is 1. The monoisotopic (exact) mass is 512 g/mol. The van der Waals surface area contributed by atoms with Gasteiger partial charge in [-0.05, 0) is 30.0 Å². The summed E-state index contributed by atoms with van der Waals surface area (Å²) in [7, 11) is 0. The number of nitrogens with two attached hydrogens (primary N) is 1. The number of nitrogens with one attached hydrogen (secondary N) is 3. The fourth-order valence-corrected chi connectivity index (χ4v) is 3.23. The zero-order valence-electron chi connectivity index (χ0n) is 19.4. The second-order valence-corrected chi connectivity index (χ2v) is 8.77. The van der Waals surface area contributed by atoms with Crippen molar-refractivity contribution in [2.75, 3.05) is 5.75 Å². The number of aromatic hydroxyl groups is 1. The minimum absolute atomic E-state index is 0.00390. The Morgan fingerprint density at radius 2 is 1.40 bits per heavy atom. The fraction of sp³-hybridized carbons (Fsp3) is 0.500. The summed E-state index contributed by atoms with van der Waals surface area (Å²) in [6, 6.07) is 0.905. The normalized spacial score (nSPS) is 14.3. The minimum atomic E-state index is -1.69. The van der Waals surface area contributed by atoms with Crippen molar-refractivity contribution in [3.8, 4) is 5.75 Å². The lowest BCUT2D eigenvalue weighted by molar-refractivity contribution is -0.147. The Morgan fingerprint density at radius 3 is 1.89 bits per heavy atom. The molecule has 4 atom stereocenters. The summed E-state index contributed by atoms with van der Waals surface area (Å²) in [5, 5.41) is 34.8. The molecule has 0 radical (unpaired) electrons. The molecule has 194 valence electrons. The highest BCUT2D eigenvalue weighted by Crippen LogP contribution is 2.13. The van der Waals surface area contributed by atoms with Gasteiger partial charge in [0.05, 0.1) is 12.5 Å². The van der Waals surface area contributed by atoms with E-state index in [-0.39, 0.29) is 30.3 Å². The lowest BCUT2D eigenvalue weighted by Crippen LogP contribution is -2.58. The molecule has 0 saturated carbocycles. The second kappa shape index (κ2) is 14.2. The molecule has 0 saturated heterocycles. The number of rotatable bonds is 14. The third kappa shape index (κ3) is 10.6. The number of hydrogen-bond acceptors (Lipinski definition) is 8. The van der Waals surface area contributed by atoms with Gasteiger partial charge in [0.1, 0.15) is 23.9 Å². The molecule has 0 fully saturated rings. The third-order valence-corrected chi connectivity index (χ3v) is 5.27. The maximum atomic E-state index is 13.1. The van der Waals surface area contributed by atoms with Crippen LogP contribution in [-0.4, -0.2) is 74.9 Å². The summed E-state index contributed by atoms with van der Waals surface area (Å²) >= 11 is 3.97. The molecule has 0 aromatic heterocycles. The lowest BCUT2D eigenvalue weighted by atomic mass is 10.0. The number of phenols is 1. The van der Waals surface area contributed by atoms with Crippen LogP contribution in [0.4, 0.5) is 0 Å². The van der Waals surface area contributed by atoms with E-state index in [1.807, 2.05) is 0 Å². The van der Waals surface area contributed by atoms with Crippen LogP contribution in [0.5, 0.6) is 5.75 Å². The highest BCUT2D eigenvalue weighted by molar-refractivity contribution is 7.80. The maximum absolute atomic E-state index is 13.1. The molecular formula is C22H32N4O8S. The van der Waals surface area contributed by atoms with Crippen LogP contribution in [0.25, 0.3) is 0 Å². The first-order chi connectivity index (χ1) is 16.3. The number of carboxylic acids is 2. The van der Waals surface area contributed by atoms with Crippen molar-refractivity contribution < 1.29 is 39.3 Å². The van der Waals surface area contributed by atoms with E-state index in [0.29, 0.717) is 5.56 Å². The zero-order valence-corrected chi connectivity index (χ0v) is 20.3. The van der Waals surface area contributed by atoms with E-state index in [2.05, 4.69) is 28.6 Å². The molecule has 0 aliphatic carbocycles. The summed E-state index contributed by atoms with van der Waals surface area (Å²) in [5.41, 5.74) is 6.29. The number of aliphatic carboxylic acids is 2. The van der Waals surface area contributed by atoms with E-state index in [1.165, 1.54) is 12.1 Å². The molecular weight excluding hydrogens is 480 g/mol. The average Bonchev–Trinajstić information content (AvgIpc) is 2.77. The summed E-state index contributed by atoms with van der Waals surface area (Å²) in [6.07, 6.45) is -0.721. The largest absolute Gasteiger partial charge is 0.508 e. The van der Waals surface area contributed by atoms with Gasteiger partial charge in [0.2, 0.25) is 17.7 Å². The van der Waals surface area contributed by atoms with Crippen molar-refractivity contribution in [1.82, 2.24) is 16.0 Å². The third-order valence-electron chi connectivity index (χ3n) is 4.88. The molecule has 0 aliphatic rings. The Morgan fingerprint density at radius 1 is 0.886 bits per heavy atom. The molecule has 12 nitrogen and oxygen atoms in total. The summed E-state index contributed by atoms with van der Waals surface area (Å²) in [6.45, 7) is 3.56. The lowest BCUT2D eigenvalue weighted by Gasteiger charge is -2.26. The Balaban J connectivity index is 3.12. The van der Waals surface area contributed by atoms with Crippen LogP contribution in [0, 0.1) is 5.92 Å². The van der Waals surface area contributed by atoms with Gasteiger partial charge in [0, 0.05) is 12.2 Å². The smallest absolute Gasteiger partial charge is 0.326 e. The Kier molecular flexibility index (Phi) is 12.0. The van der Waals surface area contributed by atoms with Gasteiger partial charge in [-0.15, -0.1) is 0 Å². The van der Waals surface area contributed by atoms with E-state index in [9.17, 15) is 34.2 Å². The molecule has 0 aliphatic heterocycles. The van der Waals surface area contributed by atoms with Gasteiger partial charge in [0.15, 0.2) is 0 Å². The summed E-state index contributed by atoms with van der Waals surface area (Å²) < 4.78 is 0. The van der Waals surface area contributed by atoms with E-state index < -0.39 is 60.2 Å². The van der Waals surface area contributed by atoms with Crippen LogP contribution in [0.3, 0.4) is 0 Å². The highest BCUT2D eigenvalue weighted by atomic mass is 32.1. The van der Waals surface area contributed by atoms with Crippen LogP contribution in [0.1, 0.15) is 32.3 Å². The fourth-order valence-electron chi connectivity index (χ4n) is 3.06. The van der Waals surface area contributed by atoms with Crippen molar-refractivity contribution in [3.05, 3.63) is 29.8 Å². The van der Waals surface area contributed by atoms with E-state index in [0.717, 1.165) is 0 Å². The number of thiol groups is 1. The standard InChI is InChI=1S/C22H32N4O8S/c1-11(2)7-15(20(31)26-17(22(33)34)9-18(28)29)25-21(32)16(24-19(30)14(23)10-35)8-12-3-5-13(27)6-4-12/h3-6,11,14-17,27,35H,7-10,23H2,1-2H3,(H,24,30)(H,25,32)(H,26,31)(H,28,29)(H,33,34). The Bertz CT molecular complexity index is 909. The van der Waals surface area contributed by atoms with Crippen molar-refractivity contribution >= 4 is 42.3 Å². The topological polar surface area (TPSA) is 208 Å². The van der Waals surface area contributed by atoms with Crippen LogP contribution < -0.4 is 21.7 Å². The number of hydrogen-bond donors (Lipinski definition) is 8. The van der Waals surface area contributed by atoms with E-state index >= 15 is 0 Å². The van der Waals surface area contributed by atoms with Crippen molar-refractivity contribution in [3.63, 3.8) is 0 Å². The van der Waals surface area contributed by atoms with Gasteiger partial charge in [-0.3, -0.25) is 19.2 Å². The molecule has 1 aromatic rings. The Hall–Kier alpha value is -3.32. The first-order valence-electron chi connectivity index (χ1n) is 10.8. The molecule has 4 unspecified atom stereocenters. The molecule has 8 N–H and O–H groups in total. The number of amides is 3. The molecule has 35 heavy (non-hydrogen) atoms. The Labute approximate surface area is 208 Å². The van der Waals surface area contributed by atoms with Crippen molar-refractivity contribution in [2.45, 2.75) is 57.3 Å². The van der Waals surface area contributed by atoms with E-state index in [4.69, 9.17) is 10.8 Å². The molecule has 0 spiro atoms. The number of carboxylic acid groups (broad SMARTS) is 2. The van der Waals surface area contributed by atoms with Gasteiger partial charge in [-0.25, -0.2) is 4.79 Å². The zero-order chi connectivity index (χ0) is 26.7. The molecule has 3 amide bonds. The predicted molar refractivity (Wildman–Crippen MR) is 129 cm³/mol. The number of carbonyl (C=O) groups excluding carboxylic acids is 3. The van der Waals surface area contributed by atoms with Gasteiger partial charge >= 0.3 is 11.9 Å². The predicted octanol–water partition coefficient (Wildman–Crippen LogP) is -0.748. The number of phenolic OH excluding ortho intramolecular Hbond substituents is 1. The van der Waals surface area contributed by atoms with Gasteiger partial charge < -0.3 is 37.0 Å². The van der Waals surface area contributed by atoms with E-state index in [1.54, 1.807) is 26.0 Å². The average molecular weight is 513 g/mol. The van der Waals surface area contributed by atoms with Gasteiger partial charge in [-0.2, -0.15) is 12.6 Å². The van der Waals surface area contributed by atoms with Crippen molar-refractivity contribution in [1.29, 1.82) is 0 Å². The van der Waals surface area contributed by atoms with Crippen LogP contribution in [0.15, 0.2) is 24.3 Å². The summed E-state index contributed by atoms with van der Waals surface area (Å²) in [5.74, 6) is -5.26. The van der Waals surface area contributed by atoms with Crippen LogP contribution >= 0.6 is 12.6 Å². The molecule has 1 aromatic carbocycles.